The summed E-state index contributed by atoms with van der Waals surface area (Å²) < 4.78 is 43.5. The van der Waals surface area contributed by atoms with Crippen LogP contribution in [0.1, 0.15) is 34.4 Å². The van der Waals surface area contributed by atoms with Gasteiger partial charge in [0.15, 0.2) is 17.3 Å². The Morgan fingerprint density at radius 3 is 2.54 bits per heavy atom. The number of hydrogen-bond donors (Lipinski definition) is 2. The minimum absolute atomic E-state index is 0.0214. The largest absolute Gasteiger partial charge is 0.504 e. The van der Waals surface area contributed by atoms with Gasteiger partial charge in [-0.3, -0.25) is 14.4 Å². The van der Waals surface area contributed by atoms with E-state index in [4.69, 9.17) is 16.6 Å². The fraction of sp³-hybridized carbons (Fsp3) is 0.265. The predicted octanol–water partition coefficient (Wildman–Crippen LogP) is 5.41. The molecule has 0 bridgehead atoms. The number of amides is 2. The number of nitrogens with zero attached hydrogens (tertiary/aromatic N) is 8. The van der Waals surface area contributed by atoms with Crippen LogP contribution in [0.25, 0.3) is 27.3 Å². The molecule has 0 unspecified atom stereocenters. The van der Waals surface area contributed by atoms with Gasteiger partial charge < -0.3 is 24.8 Å². The lowest BCUT2D eigenvalue weighted by atomic mass is 10.1. The van der Waals surface area contributed by atoms with Crippen LogP contribution in [0.2, 0.25) is 5.02 Å². The molecule has 0 radical (unpaired) electrons. The van der Waals surface area contributed by atoms with E-state index in [1.165, 1.54) is 11.2 Å². The van der Waals surface area contributed by atoms with Gasteiger partial charge in [-0.1, -0.05) is 18.5 Å². The van der Waals surface area contributed by atoms with E-state index < -0.39 is 29.1 Å². The number of benzene rings is 2. The quantitative estimate of drug-likeness (QED) is 0.218. The summed E-state index contributed by atoms with van der Waals surface area (Å²) in [5.41, 5.74) is 0.0596. The van der Waals surface area contributed by atoms with E-state index in [0.717, 1.165) is 32.8 Å². The van der Waals surface area contributed by atoms with Gasteiger partial charge in [0.1, 0.15) is 18.6 Å². The summed E-state index contributed by atoms with van der Waals surface area (Å²) in [5, 5.41) is 20.2. The van der Waals surface area contributed by atoms with E-state index in [2.05, 4.69) is 20.4 Å². The molecular weight excluding hydrogens is 723 g/mol. The lowest BCUT2D eigenvalue weighted by molar-refractivity contribution is -0.137. The highest BCUT2D eigenvalue weighted by molar-refractivity contribution is 7.17. The summed E-state index contributed by atoms with van der Waals surface area (Å²) >= 11 is 7.71. The summed E-state index contributed by atoms with van der Waals surface area (Å²) in [6, 6.07) is 10.3. The molecule has 52 heavy (non-hydrogen) atoms. The third-order valence-corrected chi connectivity index (χ3v) is 10.0. The van der Waals surface area contributed by atoms with Crippen molar-refractivity contribution in [3.05, 3.63) is 92.2 Å². The molecule has 268 valence electrons. The second kappa shape index (κ2) is 13.5. The summed E-state index contributed by atoms with van der Waals surface area (Å²) in [4.78, 5) is 57.0. The van der Waals surface area contributed by atoms with Crippen LogP contribution < -0.4 is 15.8 Å². The number of fused-ring (bicyclic) bond motifs is 2. The topological polar surface area (TPSA) is 151 Å². The zero-order chi connectivity index (χ0) is 36.9. The second-order valence-electron chi connectivity index (χ2n) is 12.0. The molecule has 2 amide bonds. The number of aromatic nitrogens is 6. The first-order chi connectivity index (χ1) is 24.8. The van der Waals surface area contributed by atoms with Gasteiger partial charge in [-0.2, -0.15) is 22.7 Å². The molecule has 1 saturated heterocycles. The van der Waals surface area contributed by atoms with Crippen LogP contribution >= 0.6 is 22.9 Å². The van der Waals surface area contributed by atoms with Gasteiger partial charge in [0.2, 0.25) is 11.7 Å². The number of nitrogens with one attached hydrogen (secondary N) is 1. The van der Waals surface area contributed by atoms with E-state index >= 15 is 0 Å². The van der Waals surface area contributed by atoms with Crippen molar-refractivity contribution in [1.82, 2.24) is 34.0 Å². The van der Waals surface area contributed by atoms with Gasteiger partial charge in [-0.05, 0) is 66.6 Å². The van der Waals surface area contributed by atoms with Gasteiger partial charge in [0.05, 0.1) is 27.7 Å². The number of alkyl halides is 3. The first-order valence-corrected chi connectivity index (χ1v) is 17.3. The van der Waals surface area contributed by atoms with Gasteiger partial charge in [0.25, 0.3) is 11.5 Å². The van der Waals surface area contributed by atoms with Crippen LogP contribution in [-0.4, -0.2) is 77.1 Å². The van der Waals surface area contributed by atoms with Gasteiger partial charge >= 0.3 is 6.18 Å². The smallest absolute Gasteiger partial charge is 0.416 e. The molecule has 2 aromatic carbocycles. The number of rotatable bonds is 7. The van der Waals surface area contributed by atoms with Crippen molar-refractivity contribution < 1.29 is 27.9 Å². The maximum atomic E-state index is 14.3. The maximum Gasteiger partial charge on any atom is 0.416 e. The summed E-state index contributed by atoms with van der Waals surface area (Å²) in [7, 11) is 0. The van der Waals surface area contributed by atoms with E-state index in [9.17, 15) is 32.7 Å². The lowest BCUT2D eigenvalue weighted by Crippen LogP contribution is -2.51. The molecule has 4 aromatic heterocycles. The molecule has 6 aromatic rings. The molecule has 1 fully saturated rings. The number of anilines is 2. The Labute approximate surface area is 301 Å². The van der Waals surface area contributed by atoms with E-state index in [1.807, 2.05) is 41.5 Å². The fourth-order valence-corrected chi connectivity index (χ4v) is 7.19. The van der Waals surface area contributed by atoms with Crippen LogP contribution in [0, 0.1) is 6.92 Å². The van der Waals surface area contributed by atoms with Crippen molar-refractivity contribution in [2.24, 2.45) is 0 Å². The minimum Gasteiger partial charge on any atom is -0.504 e. The molecule has 0 aliphatic carbocycles. The van der Waals surface area contributed by atoms with Crippen LogP contribution in [-0.2, 0) is 23.9 Å². The molecule has 0 spiro atoms. The number of piperazine rings is 1. The number of thiophene rings is 1. The second-order valence-corrected chi connectivity index (χ2v) is 13.4. The van der Waals surface area contributed by atoms with Crippen LogP contribution in [0.5, 0.6) is 5.75 Å². The zero-order valence-electron chi connectivity index (χ0n) is 27.6. The number of aryl methyl sites for hydroxylation is 1. The molecule has 1 aliphatic heterocycles. The molecule has 13 nitrogen and oxygen atoms in total. The Bertz CT molecular complexity index is 2440. The zero-order valence-corrected chi connectivity index (χ0v) is 29.2. The molecule has 7 rings (SSSR count). The third-order valence-electron chi connectivity index (χ3n) is 8.83. The number of carbonyl (C=O) groups is 2. The fourth-order valence-electron chi connectivity index (χ4n) is 6.19. The van der Waals surface area contributed by atoms with Crippen molar-refractivity contribution in [2.75, 3.05) is 36.4 Å². The Hall–Kier alpha value is -5.55. The highest BCUT2D eigenvalue weighted by atomic mass is 35.5. The third kappa shape index (κ3) is 6.41. The van der Waals surface area contributed by atoms with Crippen molar-refractivity contribution in [3.8, 4) is 17.1 Å². The summed E-state index contributed by atoms with van der Waals surface area (Å²) in [6.07, 6.45) is -3.13. The van der Waals surface area contributed by atoms with Crippen LogP contribution in [0.3, 0.4) is 0 Å². The molecular formula is C34H29ClF3N9O4S. The van der Waals surface area contributed by atoms with Crippen molar-refractivity contribution in [1.29, 1.82) is 0 Å². The number of aromatic hydroxyl groups is 1. The molecule has 5 heterocycles. The van der Waals surface area contributed by atoms with Crippen LogP contribution in [0.4, 0.5) is 24.5 Å². The Balaban J connectivity index is 1.26. The van der Waals surface area contributed by atoms with Crippen LogP contribution in [0.15, 0.2) is 59.0 Å². The highest BCUT2D eigenvalue weighted by Gasteiger charge is 2.32. The van der Waals surface area contributed by atoms with Gasteiger partial charge in [-0.15, -0.1) is 16.4 Å². The normalized spacial score (nSPS) is 13.7. The Morgan fingerprint density at radius 2 is 1.83 bits per heavy atom. The van der Waals surface area contributed by atoms with E-state index in [0.29, 0.717) is 11.3 Å². The molecule has 2 N–H and O–H groups in total. The molecule has 0 atom stereocenters. The predicted molar refractivity (Wildman–Crippen MR) is 189 cm³/mol. The Morgan fingerprint density at radius 1 is 1.06 bits per heavy atom. The van der Waals surface area contributed by atoms with Crippen molar-refractivity contribution in [2.45, 2.75) is 33.0 Å². The molecule has 18 heteroatoms. The van der Waals surface area contributed by atoms with Gasteiger partial charge in [-0.25, -0.2) is 9.97 Å². The van der Waals surface area contributed by atoms with E-state index in [-0.39, 0.29) is 84.3 Å². The average Bonchev–Trinajstić information content (AvgIpc) is 3.79. The number of carbonyl (C=O) groups excluding carboxylic acids is 2. The Kier molecular flexibility index (Phi) is 9.08. The number of halogens is 4. The van der Waals surface area contributed by atoms with E-state index in [1.54, 1.807) is 22.8 Å². The summed E-state index contributed by atoms with van der Waals surface area (Å²) in [6.45, 7) is 3.84. The van der Waals surface area contributed by atoms with Gasteiger partial charge in [0, 0.05) is 36.4 Å². The molecule has 1 aliphatic rings. The van der Waals surface area contributed by atoms with Crippen molar-refractivity contribution in [3.63, 3.8) is 0 Å². The standard InChI is InChI=1S/C34H29ClF3N9O4S/c1-3-24-28(44-9-11-45(12-10-44)31(50)27-29(49)18(2)39-17-40-27)32(51)47-33(42-30(43-47)20-4-7-25-19(14-20)8-13-52-25)46(24)16-26(48)41-23-6-5-21(15-22(23)35)34(36,37)38/h4-8,13-15,17,49H,3,9-12,16H2,1-2H3,(H,41,48). The van der Waals surface area contributed by atoms with Crippen molar-refractivity contribution >= 4 is 62.0 Å². The lowest BCUT2D eigenvalue weighted by Gasteiger charge is -2.36. The highest BCUT2D eigenvalue weighted by Crippen LogP contribution is 2.34. The molecule has 0 saturated carbocycles. The maximum absolute atomic E-state index is 14.3. The monoisotopic (exact) mass is 751 g/mol. The first-order valence-electron chi connectivity index (χ1n) is 16.1. The number of hydrogen-bond acceptors (Lipinski definition) is 10. The minimum atomic E-state index is -4.62. The first kappa shape index (κ1) is 34.9. The average molecular weight is 752 g/mol. The SMILES string of the molecule is CCc1c(N2CCN(C(=O)c3ncnc(C)c3O)CC2)c(=O)n2nc(-c3ccc4sccc4c3)nc2n1CC(=O)Nc1ccc(C(F)(F)F)cc1Cl. The summed E-state index contributed by atoms with van der Waals surface area (Å²) in [5.74, 6) is -1.07.